The second kappa shape index (κ2) is 6.36. The van der Waals surface area contributed by atoms with E-state index in [1.165, 1.54) is 0 Å². The molecule has 2 heterocycles. The van der Waals surface area contributed by atoms with Gasteiger partial charge in [0.25, 0.3) is 0 Å². The first-order valence-electron chi connectivity index (χ1n) is 8.61. The molecule has 6 nitrogen and oxygen atoms in total. The molecule has 0 bridgehead atoms. The Morgan fingerprint density at radius 3 is 2.81 bits per heavy atom. The van der Waals surface area contributed by atoms with E-state index in [1.54, 1.807) is 19.4 Å². The van der Waals surface area contributed by atoms with Crippen LogP contribution in [-0.2, 0) is 0 Å². The summed E-state index contributed by atoms with van der Waals surface area (Å²) in [6.07, 6.45) is 7.04. The van der Waals surface area contributed by atoms with E-state index in [1.807, 2.05) is 29.0 Å². The van der Waals surface area contributed by atoms with Crippen molar-refractivity contribution in [2.24, 2.45) is 0 Å². The smallest absolute Gasteiger partial charge is 0.221 e. The summed E-state index contributed by atoms with van der Waals surface area (Å²) in [6.45, 7) is 0. The summed E-state index contributed by atoms with van der Waals surface area (Å²) in [6, 6.07) is 7.63. The number of fused-ring (bicyclic) bond motifs is 1. The third-order valence-corrected chi connectivity index (χ3v) is 4.77. The fourth-order valence-corrected chi connectivity index (χ4v) is 3.42. The number of anilines is 1. The minimum absolute atomic E-state index is 0.218. The molecule has 26 heavy (non-hydrogen) atoms. The number of hydrogen-bond donors (Lipinski definition) is 2. The summed E-state index contributed by atoms with van der Waals surface area (Å²) in [5.74, 6) is 7.79. The van der Waals surface area contributed by atoms with Gasteiger partial charge in [0.2, 0.25) is 5.95 Å². The Bertz CT molecular complexity index is 1020. The molecule has 0 saturated heterocycles. The molecule has 6 heteroatoms. The van der Waals surface area contributed by atoms with Crippen LogP contribution in [0.2, 0.25) is 0 Å². The summed E-state index contributed by atoms with van der Waals surface area (Å²) in [4.78, 5) is 8.22. The maximum atomic E-state index is 10.5. The van der Waals surface area contributed by atoms with Gasteiger partial charge in [0.15, 0.2) is 0 Å². The van der Waals surface area contributed by atoms with Crippen LogP contribution in [0.1, 0.15) is 31.2 Å². The van der Waals surface area contributed by atoms with Crippen molar-refractivity contribution in [3.8, 4) is 23.4 Å². The van der Waals surface area contributed by atoms with Gasteiger partial charge in [0.1, 0.15) is 17.2 Å². The van der Waals surface area contributed by atoms with Crippen LogP contribution in [0.5, 0.6) is 5.75 Å². The highest BCUT2D eigenvalue weighted by molar-refractivity contribution is 5.89. The van der Waals surface area contributed by atoms with Gasteiger partial charge in [-0.2, -0.15) is 4.98 Å². The molecule has 0 spiro atoms. The van der Waals surface area contributed by atoms with Crippen molar-refractivity contribution in [2.45, 2.75) is 31.3 Å². The van der Waals surface area contributed by atoms with E-state index in [0.717, 1.165) is 47.9 Å². The lowest BCUT2D eigenvalue weighted by Gasteiger charge is -2.13. The van der Waals surface area contributed by atoms with E-state index in [4.69, 9.17) is 10.5 Å². The lowest BCUT2D eigenvalue weighted by molar-refractivity contribution is 0.110. The molecule has 132 valence electrons. The summed E-state index contributed by atoms with van der Waals surface area (Å²) >= 11 is 0. The number of aromatic nitrogens is 3. The molecule has 0 atom stereocenters. The van der Waals surface area contributed by atoms with Crippen molar-refractivity contribution in [2.75, 3.05) is 12.8 Å². The van der Waals surface area contributed by atoms with Gasteiger partial charge in [-0.25, -0.2) is 4.98 Å². The molecule has 2 aromatic heterocycles. The van der Waals surface area contributed by atoms with E-state index in [-0.39, 0.29) is 5.95 Å². The molecule has 0 unspecified atom stereocenters. The van der Waals surface area contributed by atoms with Crippen LogP contribution >= 0.6 is 0 Å². The third-order valence-electron chi connectivity index (χ3n) is 4.77. The highest BCUT2D eigenvalue weighted by atomic mass is 16.5. The van der Waals surface area contributed by atoms with Crippen molar-refractivity contribution >= 4 is 16.9 Å². The predicted molar refractivity (Wildman–Crippen MR) is 100 cm³/mol. The Morgan fingerprint density at radius 2 is 2.08 bits per heavy atom. The minimum atomic E-state index is -0.870. The van der Waals surface area contributed by atoms with Crippen molar-refractivity contribution in [3.05, 3.63) is 42.2 Å². The molecular formula is C20H20N4O2. The van der Waals surface area contributed by atoms with E-state index in [9.17, 15) is 5.11 Å². The quantitative estimate of drug-likeness (QED) is 0.696. The number of nitrogen functional groups attached to an aromatic ring is 1. The third kappa shape index (κ3) is 2.98. The Morgan fingerprint density at radius 1 is 1.27 bits per heavy atom. The number of nitrogens with two attached hydrogens (primary N) is 1. The molecule has 1 aliphatic carbocycles. The van der Waals surface area contributed by atoms with E-state index in [0.29, 0.717) is 5.82 Å². The van der Waals surface area contributed by atoms with Crippen molar-refractivity contribution in [3.63, 3.8) is 0 Å². The fraction of sp³-hybridized carbons (Fsp3) is 0.300. The Labute approximate surface area is 151 Å². The number of methoxy groups -OCH3 is 1. The SMILES string of the molecule is COc1cc(C#CC2(O)CCCC2)cc2c1ccn2-c1ccnc(N)n1. The first-order chi connectivity index (χ1) is 12.6. The zero-order chi connectivity index (χ0) is 18.1. The number of aliphatic hydroxyl groups is 1. The molecule has 1 fully saturated rings. The first-order valence-corrected chi connectivity index (χ1v) is 8.61. The minimum Gasteiger partial charge on any atom is -0.496 e. The summed E-state index contributed by atoms with van der Waals surface area (Å²) in [5.41, 5.74) is 6.54. The molecule has 0 aliphatic heterocycles. The first kappa shape index (κ1) is 16.4. The number of rotatable bonds is 2. The normalized spacial score (nSPS) is 15.6. The van der Waals surface area contributed by atoms with Gasteiger partial charge in [-0.3, -0.25) is 0 Å². The molecule has 1 aliphatic rings. The molecular weight excluding hydrogens is 328 g/mol. The van der Waals surface area contributed by atoms with Gasteiger partial charge in [0, 0.05) is 23.3 Å². The van der Waals surface area contributed by atoms with Gasteiger partial charge in [-0.15, -0.1) is 0 Å². The van der Waals surface area contributed by atoms with Crippen LogP contribution in [0.25, 0.3) is 16.7 Å². The van der Waals surface area contributed by atoms with Crippen molar-refractivity contribution < 1.29 is 9.84 Å². The highest BCUT2D eigenvalue weighted by Crippen LogP contribution is 2.31. The Kier molecular flexibility index (Phi) is 4.02. The van der Waals surface area contributed by atoms with E-state index >= 15 is 0 Å². The molecule has 3 aromatic rings. The zero-order valence-electron chi connectivity index (χ0n) is 14.6. The lowest BCUT2D eigenvalue weighted by Crippen LogP contribution is -2.20. The lowest BCUT2D eigenvalue weighted by atomic mass is 10.0. The monoisotopic (exact) mass is 348 g/mol. The molecule has 4 rings (SSSR count). The van der Waals surface area contributed by atoms with Crippen LogP contribution in [0, 0.1) is 11.8 Å². The van der Waals surface area contributed by atoms with Crippen LogP contribution in [0.15, 0.2) is 36.7 Å². The van der Waals surface area contributed by atoms with Gasteiger partial charge < -0.3 is 20.1 Å². The zero-order valence-corrected chi connectivity index (χ0v) is 14.6. The fourth-order valence-electron chi connectivity index (χ4n) is 3.42. The van der Waals surface area contributed by atoms with Crippen LogP contribution < -0.4 is 10.5 Å². The summed E-state index contributed by atoms with van der Waals surface area (Å²) < 4.78 is 7.46. The largest absolute Gasteiger partial charge is 0.496 e. The second-order valence-corrected chi connectivity index (χ2v) is 6.56. The van der Waals surface area contributed by atoms with Gasteiger partial charge in [-0.05, 0) is 49.9 Å². The molecule has 1 aromatic carbocycles. The van der Waals surface area contributed by atoms with Crippen molar-refractivity contribution in [1.29, 1.82) is 0 Å². The van der Waals surface area contributed by atoms with Crippen LogP contribution in [-0.4, -0.2) is 32.4 Å². The van der Waals surface area contributed by atoms with Gasteiger partial charge in [0.05, 0.1) is 12.6 Å². The summed E-state index contributed by atoms with van der Waals surface area (Å²) in [7, 11) is 1.64. The van der Waals surface area contributed by atoms with Gasteiger partial charge in [-0.1, -0.05) is 11.8 Å². The highest BCUT2D eigenvalue weighted by Gasteiger charge is 2.28. The number of benzene rings is 1. The maximum Gasteiger partial charge on any atom is 0.221 e. The second-order valence-electron chi connectivity index (χ2n) is 6.56. The average molecular weight is 348 g/mol. The maximum absolute atomic E-state index is 10.5. The number of ether oxygens (including phenoxy) is 1. The predicted octanol–water partition coefficient (Wildman–Crippen LogP) is 2.67. The number of hydrogen-bond acceptors (Lipinski definition) is 5. The Balaban J connectivity index is 1.83. The Hall–Kier alpha value is -3.04. The average Bonchev–Trinajstić information content (AvgIpc) is 3.26. The standard InChI is InChI=1S/C20H20N4O2/c1-26-17-13-14(4-9-20(25)7-2-3-8-20)12-16-15(17)6-11-24(16)18-5-10-22-19(21)23-18/h5-6,10-13,25H,2-3,7-8H2,1H3,(H2,21,22,23). The summed E-state index contributed by atoms with van der Waals surface area (Å²) in [5, 5.41) is 11.4. The van der Waals surface area contributed by atoms with Crippen LogP contribution in [0.4, 0.5) is 5.95 Å². The topological polar surface area (TPSA) is 86.2 Å². The van der Waals surface area contributed by atoms with E-state index in [2.05, 4.69) is 21.8 Å². The van der Waals surface area contributed by atoms with Crippen LogP contribution in [0.3, 0.4) is 0 Å². The van der Waals surface area contributed by atoms with Crippen molar-refractivity contribution in [1.82, 2.24) is 14.5 Å². The number of nitrogens with zero attached hydrogens (tertiary/aromatic N) is 3. The molecule has 0 radical (unpaired) electrons. The molecule has 3 N–H and O–H groups in total. The molecule has 1 saturated carbocycles. The van der Waals surface area contributed by atoms with Gasteiger partial charge >= 0.3 is 0 Å². The molecule has 0 amide bonds. The van der Waals surface area contributed by atoms with E-state index < -0.39 is 5.60 Å².